The summed E-state index contributed by atoms with van der Waals surface area (Å²) >= 11 is 0. The Bertz CT molecular complexity index is 1120. The minimum atomic E-state index is -0.502. The Kier molecular flexibility index (Phi) is 10.5. The zero-order chi connectivity index (χ0) is 26.7. The average molecular weight is 525 g/mol. The number of hydrogen-bond acceptors (Lipinski definition) is 8. The minimum absolute atomic E-state index is 0.502. The van der Waals surface area contributed by atoms with E-state index in [1.165, 1.54) is 0 Å². The van der Waals surface area contributed by atoms with E-state index in [1.54, 1.807) is 14.2 Å². The fourth-order valence-corrected chi connectivity index (χ4v) is 4.69. The van der Waals surface area contributed by atoms with Gasteiger partial charge in [-0.2, -0.15) is 5.10 Å². The highest BCUT2D eigenvalue weighted by molar-refractivity contribution is 5.47. The number of hydrogen-bond donors (Lipinski definition) is 1. The van der Waals surface area contributed by atoms with Crippen LogP contribution in [-0.4, -0.2) is 97.6 Å². The molecule has 0 unspecified atom stereocenters. The van der Waals surface area contributed by atoms with Crippen molar-refractivity contribution in [2.24, 2.45) is 0 Å². The lowest BCUT2D eigenvalue weighted by Gasteiger charge is -2.31. The third kappa shape index (κ3) is 7.33. The van der Waals surface area contributed by atoms with Crippen LogP contribution in [0.15, 0.2) is 54.6 Å². The van der Waals surface area contributed by atoms with E-state index >= 15 is 0 Å². The van der Waals surface area contributed by atoms with Crippen LogP contribution in [0.5, 0.6) is 17.4 Å². The number of rotatable bonds is 14. The third-order valence-electron chi connectivity index (χ3n) is 6.67. The van der Waals surface area contributed by atoms with Gasteiger partial charge in [0.05, 0.1) is 50.0 Å². The molecule has 1 N–H and O–H groups in total. The molecule has 1 aliphatic rings. The second-order valence-corrected chi connectivity index (χ2v) is 9.38. The van der Waals surface area contributed by atoms with Gasteiger partial charge in [-0.25, -0.2) is 4.68 Å². The summed E-state index contributed by atoms with van der Waals surface area (Å²) in [5, 5.41) is 16.0. The number of aryl methyl sites for hydroxylation is 1. The van der Waals surface area contributed by atoms with Crippen LogP contribution >= 0.6 is 0 Å². The standard InChI is InChI=1S/C29H40N4O5/c1-4-26-25(22-32(14-17-35-2)21-24(34)20-31-15-18-37-19-16-31)29(33(30-26)23-10-6-5-7-11-23)38-28-13-9-8-12-27(28)36-3/h5-13,24,34H,4,14-22H2,1-3H3/t24-/m1/s1. The summed E-state index contributed by atoms with van der Waals surface area (Å²) in [7, 11) is 3.33. The predicted octanol–water partition coefficient (Wildman–Crippen LogP) is 3.38. The Morgan fingerprint density at radius 1 is 1.03 bits per heavy atom. The molecule has 1 aromatic heterocycles. The molecule has 3 aromatic rings. The number of nitrogens with zero attached hydrogens (tertiary/aromatic N) is 4. The van der Waals surface area contributed by atoms with Gasteiger partial charge < -0.3 is 24.1 Å². The number of para-hydroxylation sites is 3. The first-order valence-corrected chi connectivity index (χ1v) is 13.3. The van der Waals surface area contributed by atoms with E-state index in [-0.39, 0.29) is 0 Å². The van der Waals surface area contributed by atoms with Crippen molar-refractivity contribution in [3.63, 3.8) is 0 Å². The molecular weight excluding hydrogens is 484 g/mol. The lowest BCUT2D eigenvalue weighted by Crippen LogP contribution is -2.45. The quantitative estimate of drug-likeness (QED) is 0.344. The molecule has 2 aromatic carbocycles. The van der Waals surface area contributed by atoms with Crippen molar-refractivity contribution in [3.05, 3.63) is 65.9 Å². The van der Waals surface area contributed by atoms with Gasteiger partial charge in [0.2, 0.25) is 5.88 Å². The van der Waals surface area contributed by atoms with E-state index in [4.69, 9.17) is 24.0 Å². The Hall–Kier alpha value is -2.95. The topological polar surface area (TPSA) is 81.5 Å². The Morgan fingerprint density at radius 2 is 1.74 bits per heavy atom. The number of aromatic nitrogens is 2. The molecule has 4 rings (SSSR count). The molecule has 1 atom stereocenters. The zero-order valence-electron chi connectivity index (χ0n) is 22.7. The second-order valence-electron chi connectivity index (χ2n) is 9.38. The molecule has 1 fully saturated rings. The maximum Gasteiger partial charge on any atom is 0.227 e. The first-order chi connectivity index (χ1) is 18.6. The molecule has 206 valence electrons. The highest BCUT2D eigenvalue weighted by Gasteiger charge is 2.25. The first kappa shape index (κ1) is 28.1. The van der Waals surface area contributed by atoms with Crippen LogP contribution in [0.3, 0.4) is 0 Å². The minimum Gasteiger partial charge on any atom is -0.493 e. The van der Waals surface area contributed by atoms with Crippen LogP contribution in [0.2, 0.25) is 0 Å². The van der Waals surface area contributed by atoms with Gasteiger partial charge in [-0.1, -0.05) is 37.3 Å². The Balaban J connectivity index is 1.65. The lowest BCUT2D eigenvalue weighted by atomic mass is 10.1. The smallest absolute Gasteiger partial charge is 0.227 e. The molecule has 0 spiro atoms. The van der Waals surface area contributed by atoms with E-state index in [0.29, 0.717) is 63.4 Å². The number of β-amino-alcohol motifs (C(OH)–C–C–N with tert-alkyl or cyclic N) is 1. The van der Waals surface area contributed by atoms with Gasteiger partial charge in [-0.05, 0) is 30.7 Å². The van der Waals surface area contributed by atoms with Crippen molar-refractivity contribution in [1.82, 2.24) is 19.6 Å². The van der Waals surface area contributed by atoms with E-state index in [0.717, 1.165) is 36.5 Å². The summed E-state index contributed by atoms with van der Waals surface area (Å²) in [6.07, 6.45) is 0.240. The maximum absolute atomic E-state index is 11.0. The average Bonchev–Trinajstić information content (AvgIpc) is 3.29. The zero-order valence-corrected chi connectivity index (χ0v) is 22.7. The Morgan fingerprint density at radius 3 is 2.42 bits per heavy atom. The lowest BCUT2D eigenvalue weighted by molar-refractivity contribution is 0.00430. The van der Waals surface area contributed by atoms with Crippen LogP contribution in [0, 0.1) is 0 Å². The summed E-state index contributed by atoms with van der Waals surface area (Å²) < 4.78 is 24.9. The summed E-state index contributed by atoms with van der Waals surface area (Å²) in [6.45, 7) is 8.11. The number of morpholine rings is 1. The van der Waals surface area contributed by atoms with Gasteiger partial charge in [-0.15, -0.1) is 0 Å². The molecule has 9 heteroatoms. The molecule has 9 nitrogen and oxygen atoms in total. The number of aliphatic hydroxyl groups excluding tert-OH is 1. The monoisotopic (exact) mass is 524 g/mol. The van der Waals surface area contributed by atoms with Crippen molar-refractivity contribution in [2.75, 3.05) is 66.8 Å². The van der Waals surface area contributed by atoms with Gasteiger partial charge in [0.1, 0.15) is 0 Å². The fraction of sp³-hybridized carbons (Fsp3) is 0.483. The van der Waals surface area contributed by atoms with Gasteiger partial charge in [0, 0.05) is 46.4 Å². The molecule has 2 heterocycles. The summed E-state index contributed by atoms with van der Waals surface area (Å²) in [5.74, 6) is 1.91. The van der Waals surface area contributed by atoms with Crippen LogP contribution in [0.25, 0.3) is 5.69 Å². The predicted molar refractivity (Wildman–Crippen MR) is 146 cm³/mol. The SMILES string of the molecule is CCc1nn(-c2ccccc2)c(Oc2ccccc2OC)c1CN(CCOC)C[C@H](O)CN1CCOCC1. The van der Waals surface area contributed by atoms with Crippen molar-refractivity contribution in [3.8, 4) is 23.1 Å². The third-order valence-corrected chi connectivity index (χ3v) is 6.67. The van der Waals surface area contributed by atoms with Crippen LogP contribution in [0.1, 0.15) is 18.2 Å². The molecule has 1 aliphatic heterocycles. The van der Waals surface area contributed by atoms with Crippen LogP contribution < -0.4 is 9.47 Å². The highest BCUT2D eigenvalue weighted by atomic mass is 16.5. The van der Waals surface area contributed by atoms with E-state index in [9.17, 15) is 5.11 Å². The highest BCUT2D eigenvalue weighted by Crippen LogP contribution is 2.36. The number of ether oxygens (including phenoxy) is 4. The number of aliphatic hydroxyl groups is 1. The fourth-order valence-electron chi connectivity index (χ4n) is 4.69. The summed E-state index contributed by atoms with van der Waals surface area (Å²) in [6, 6.07) is 17.6. The van der Waals surface area contributed by atoms with Crippen LogP contribution in [0.4, 0.5) is 0 Å². The molecular formula is C29H40N4O5. The molecule has 0 amide bonds. The molecule has 1 saturated heterocycles. The summed E-state index contributed by atoms with van der Waals surface area (Å²) in [4.78, 5) is 4.47. The first-order valence-electron chi connectivity index (χ1n) is 13.3. The van der Waals surface area contributed by atoms with Gasteiger partial charge in [0.15, 0.2) is 11.5 Å². The van der Waals surface area contributed by atoms with E-state index in [2.05, 4.69) is 16.7 Å². The van der Waals surface area contributed by atoms with Gasteiger partial charge >= 0.3 is 0 Å². The van der Waals surface area contributed by atoms with Gasteiger partial charge in [-0.3, -0.25) is 9.80 Å². The van der Waals surface area contributed by atoms with E-state index in [1.807, 2.05) is 59.3 Å². The molecule has 0 aliphatic carbocycles. The van der Waals surface area contributed by atoms with Crippen molar-refractivity contribution < 1.29 is 24.1 Å². The molecule has 0 saturated carbocycles. The molecule has 0 radical (unpaired) electrons. The van der Waals surface area contributed by atoms with Gasteiger partial charge in [0.25, 0.3) is 0 Å². The largest absolute Gasteiger partial charge is 0.493 e. The van der Waals surface area contributed by atoms with Crippen molar-refractivity contribution in [1.29, 1.82) is 0 Å². The summed E-state index contributed by atoms with van der Waals surface area (Å²) in [5.41, 5.74) is 2.84. The maximum atomic E-state index is 11.0. The number of benzene rings is 2. The normalized spacial score (nSPS) is 15.1. The Labute approximate surface area is 225 Å². The number of methoxy groups -OCH3 is 2. The van der Waals surface area contributed by atoms with Crippen molar-refractivity contribution in [2.45, 2.75) is 26.0 Å². The molecule has 0 bridgehead atoms. The molecule has 38 heavy (non-hydrogen) atoms. The van der Waals surface area contributed by atoms with Crippen LogP contribution in [-0.2, 0) is 22.4 Å². The van der Waals surface area contributed by atoms with Crippen molar-refractivity contribution >= 4 is 0 Å². The second kappa shape index (κ2) is 14.3. The van der Waals surface area contributed by atoms with E-state index < -0.39 is 6.10 Å².